The number of carboxylic acids is 1. The number of aromatic nitrogens is 4. The van der Waals surface area contributed by atoms with Crippen molar-refractivity contribution >= 4 is 51.1 Å². The number of esters is 1. The van der Waals surface area contributed by atoms with Gasteiger partial charge in [0.05, 0.1) is 49.4 Å². The Hall–Kier alpha value is -4.81. The number of carbonyl (C=O) groups is 3. The van der Waals surface area contributed by atoms with Gasteiger partial charge in [0.1, 0.15) is 0 Å². The van der Waals surface area contributed by atoms with Crippen LogP contribution in [0.25, 0.3) is 33.2 Å². The lowest BCUT2D eigenvalue weighted by Gasteiger charge is -2.18. The minimum Gasteiger partial charge on any atom is -0.481 e. The van der Waals surface area contributed by atoms with Crippen molar-refractivity contribution in [3.8, 4) is 0 Å². The van der Waals surface area contributed by atoms with Crippen LogP contribution in [0.15, 0.2) is 18.2 Å². The Morgan fingerprint density at radius 2 is 1.60 bits per heavy atom. The molecule has 0 saturated carbocycles. The minimum atomic E-state index is -0.963. The van der Waals surface area contributed by atoms with Gasteiger partial charge in [-0.15, -0.1) is 0 Å². The molecule has 48 heavy (non-hydrogen) atoms. The molecule has 0 radical (unpaired) electrons. The quantitative estimate of drug-likeness (QED) is 0.171. The summed E-state index contributed by atoms with van der Waals surface area (Å²) in [4.78, 5) is 55.6. The van der Waals surface area contributed by atoms with E-state index in [2.05, 4.69) is 22.2 Å². The van der Waals surface area contributed by atoms with E-state index in [9.17, 15) is 29.7 Å². The molecule has 3 aromatic heterocycles. The number of aliphatic hydroxyl groups is 2. The molecule has 5 heterocycles. The fourth-order valence-corrected chi connectivity index (χ4v) is 6.84. The lowest BCUT2D eigenvalue weighted by Crippen LogP contribution is -2.28. The highest BCUT2D eigenvalue weighted by atomic mass is 16.5. The number of allylic oxidation sites excluding steroid dienone is 1. The maximum Gasteiger partial charge on any atom is 0.310 e. The number of nitrogens with zero attached hydrogens (tertiary/aromatic N) is 2. The second kappa shape index (κ2) is 14.1. The Balaban J connectivity index is 2.01. The van der Waals surface area contributed by atoms with Crippen LogP contribution >= 0.6 is 0 Å². The Bertz CT molecular complexity index is 1990. The van der Waals surface area contributed by atoms with Crippen LogP contribution in [0.4, 0.5) is 0 Å². The van der Waals surface area contributed by atoms with Crippen LogP contribution in [0.1, 0.15) is 96.0 Å². The average Bonchev–Trinajstić information content (AvgIpc) is 3.74. The molecule has 6 N–H and O–H groups in total. The number of aryl methyl sites for hydroxylation is 3. The summed E-state index contributed by atoms with van der Waals surface area (Å²) in [5.74, 6) is -2.67. The fraction of sp³-hybridized carbons (Fsp3) is 0.417. The van der Waals surface area contributed by atoms with Gasteiger partial charge in [-0.05, 0) is 74.1 Å². The molecule has 2 aliphatic rings. The van der Waals surface area contributed by atoms with Crippen LogP contribution in [0.5, 0.6) is 0 Å². The third kappa shape index (κ3) is 6.37. The molecule has 2 atom stereocenters. The molecule has 8 bridgehead atoms. The zero-order valence-electron chi connectivity index (χ0n) is 28.2. The first kappa shape index (κ1) is 34.5. The number of aliphatic hydroxyl groups excluding tert-OH is 2. The van der Waals surface area contributed by atoms with Crippen molar-refractivity contribution in [1.82, 2.24) is 25.3 Å². The zero-order chi connectivity index (χ0) is 34.9. The fourth-order valence-electron chi connectivity index (χ4n) is 6.84. The molecule has 2 aliphatic heterocycles. The highest BCUT2D eigenvalue weighted by Gasteiger charge is 2.35. The number of H-pyrrole nitrogens is 2. The Morgan fingerprint density at radius 3 is 2.23 bits per heavy atom. The van der Waals surface area contributed by atoms with E-state index in [-0.39, 0.29) is 56.2 Å². The summed E-state index contributed by atoms with van der Waals surface area (Å²) < 4.78 is 5.10. The number of aromatic amines is 2. The molecule has 5 rings (SSSR count). The monoisotopic (exact) mass is 657 g/mol. The van der Waals surface area contributed by atoms with Crippen molar-refractivity contribution in [2.24, 2.45) is 0 Å². The third-order valence-electron chi connectivity index (χ3n) is 9.61. The number of ether oxygens (including phenoxy) is 1. The number of hydrogen-bond acceptors (Lipinski definition) is 8. The molecule has 0 spiro atoms. The lowest BCUT2D eigenvalue weighted by molar-refractivity contribution is -0.140. The molecule has 12 nitrogen and oxygen atoms in total. The van der Waals surface area contributed by atoms with Crippen molar-refractivity contribution < 1.29 is 34.4 Å². The van der Waals surface area contributed by atoms with Crippen molar-refractivity contribution in [1.29, 1.82) is 0 Å². The molecular formula is C36H43N5O7. The molecular weight excluding hydrogens is 614 g/mol. The van der Waals surface area contributed by atoms with Crippen LogP contribution in [-0.2, 0) is 38.6 Å². The number of carboxylic acid groups (broad SMARTS) is 1. The molecule has 254 valence electrons. The normalized spacial score (nSPS) is 15.9. The minimum absolute atomic E-state index is 0.0164. The number of carbonyl (C=O) groups excluding carboxylic acids is 2. The summed E-state index contributed by atoms with van der Waals surface area (Å²) >= 11 is 0. The van der Waals surface area contributed by atoms with Gasteiger partial charge in [0.2, 0.25) is 0 Å². The summed E-state index contributed by atoms with van der Waals surface area (Å²) in [5, 5.41) is 32.3. The van der Waals surface area contributed by atoms with Gasteiger partial charge in [-0.2, -0.15) is 0 Å². The van der Waals surface area contributed by atoms with Crippen molar-refractivity contribution in [3.63, 3.8) is 0 Å². The van der Waals surface area contributed by atoms with E-state index < -0.39 is 23.8 Å². The molecule has 3 aromatic rings. The largest absolute Gasteiger partial charge is 0.481 e. The Labute approximate surface area is 278 Å². The highest BCUT2D eigenvalue weighted by molar-refractivity contribution is 6.27. The maximum absolute atomic E-state index is 13.7. The van der Waals surface area contributed by atoms with E-state index in [4.69, 9.17) is 14.7 Å². The molecule has 2 unspecified atom stereocenters. The smallest absolute Gasteiger partial charge is 0.310 e. The summed E-state index contributed by atoms with van der Waals surface area (Å²) in [7, 11) is 1.28. The van der Waals surface area contributed by atoms with Gasteiger partial charge in [-0.25, -0.2) is 4.98 Å². The van der Waals surface area contributed by atoms with Gasteiger partial charge in [0, 0.05) is 63.7 Å². The number of methoxy groups -OCH3 is 1. The number of nitrogens with one attached hydrogen (secondary N) is 3. The zero-order valence-corrected chi connectivity index (χ0v) is 28.2. The van der Waals surface area contributed by atoms with E-state index >= 15 is 0 Å². The van der Waals surface area contributed by atoms with Crippen LogP contribution in [-0.4, -0.2) is 73.4 Å². The summed E-state index contributed by atoms with van der Waals surface area (Å²) in [5.41, 5.74) is 9.93. The maximum atomic E-state index is 13.7. The van der Waals surface area contributed by atoms with Gasteiger partial charge >= 0.3 is 11.9 Å². The van der Waals surface area contributed by atoms with Gasteiger partial charge < -0.3 is 35.3 Å². The molecule has 12 heteroatoms. The van der Waals surface area contributed by atoms with Gasteiger partial charge in [-0.3, -0.25) is 19.4 Å². The lowest BCUT2D eigenvalue weighted by atomic mass is 9.84. The number of hydrogen-bond donors (Lipinski definition) is 6. The summed E-state index contributed by atoms with van der Waals surface area (Å²) in [6, 6.07) is 5.77. The van der Waals surface area contributed by atoms with Crippen molar-refractivity contribution in [2.45, 2.75) is 78.7 Å². The molecule has 1 amide bonds. The highest BCUT2D eigenvalue weighted by Crippen LogP contribution is 2.43. The second-order valence-electron chi connectivity index (χ2n) is 12.4. The van der Waals surface area contributed by atoms with Gasteiger partial charge in [0.25, 0.3) is 5.91 Å². The number of aliphatic carboxylic acids is 1. The van der Waals surface area contributed by atoms with Crippen LogP contribution in [0.3, 0.4) is 0 Å². The Kier molecular flexibility index (Phi) is 10.2. The first-order chi connectivity index (χ1) is 22.9. The van der Waals surface area contributed by atoms with E-state index in [0.29, 0.717) is 34.6 Å². The average molecular weight is 658 g/mol. The van der Waals surface area contributed by atoms with E-state index in [1.807, 2.05) is 39.0 Å². The summed E-state index contributed by atoms with van der Waals surface area (Å²) in [6.45, 7) is 9.34. The van der Waals surface area contributed by atoms with Crippen LogP contribution < -0.4 is 5.32 Å². The van der Waals surface area contributed by atoms with E-state index in [1.54, 1.807) is 6.92 Å². The van der Waals surface area contributed by atoms with Gasteiger partial charge in [0.15, 0.2) is 0 Å². The van der Waals surface area contributed by atoms with Crippen LogP contribution in [0, 0.1) is 13.8 Å². The van der Waals surface area contributed by atoms with E-state index in [1.165, 1.54) is 7.11 Å². The first-order valence-corrected chi connectivity index (χ1v) is 16.2. The van der Waals surface area contributed by atoms with E-state index in [0.717, 1.165) is 44.3 Å². The number of fused-ring (bicyclic) bond motifs is 8. The van der Waals surface area contributed by atoms with Crippen LogP contribution in [0.2, 0.25) is 0 Å². The van der Waals surface area contributed by atoms with Crippen molar-refractivity contribution in [3.05, 3.63) is 68.8 Å². The SMILES string of the molecule is CCc1c(C)c2cc3[nH]c(cc4nc(c(CC(=O)OC)c5nc(cc1[nH]2)C(C)=C5C(=O)NCCO)C(CCC(=O)O)C4C)c(C)c3CO. The molecule has 0 aromatic carbocycles. The summed E-state index contributed by atoms with van der Waals surface area (Å²) in [6.07, 6.45) is 0.561. The first-order valence-electron chi connectivity index (χ1n) is 16.2. The standard InChI is InChI=1S/C36H43N5O7/c1-7-21-17(2)26-14-30-24(16-43)19(4)25(39-30)13-27-18(3)22(8-9-31(44)45)34(40-27)23(12-32(46)48-6)35-33(36(47)37-10-11-42)20(5)28(41-35)15-29(21)38-26/h13-15,18,22,38-39,42-43H,7-12,16H2,1-6H3,(H,37,47)(H,44,45). The molecule has 0 fully saturated rings. The molecule has 0 aliphatic carbocycles. The molecule has 0 saturated heterocycles. The number of rotatable bonds is 10. The van der Waals surface area contributed by atoms with Gasteiger partial charge in [-0.1, -0.05) is 13.8 Å². The number of amides is 1. The Morgan fingerprint density at radius 1 is 0.938 bits per heavy atom. The predicted molar refractivity (Wildman–Crippen MR) is 182 cm³/mol. The van der Waals surface area contributed by atoms with Crippen molar-refractivity contribution in [2.75, 3.05) is 20.3 Å². The second-order valence-corrected chi connectivity index (χ2v) is 12.4. The topological polar surface area (TPSA) is 191 Å². The third-order valence-corrected chi connectivity index (χ3v) is 9.61. The predicted octanol–water partition coefficient (Wildman–Crippen LogP) is 4.49.